The van der Waals surface area contributed by atoms with Gasteiger partial charge in [-0.15, -0.1) is 0 Å². The zero-order valence-electron chi connectivity index (χ0n) is 22.7. The van der Waals surface area contributed by atoms with Crippen LogP contribution in [0.1, 0.15) is 22.5 Å². The molecule has 6 rings (SSSR count). The third-order valence-electron chi connectivity index (χ3n) is 6.99. The van der Waals surface area contributed by atoms with Gasteiger partial charge in [-0.25, -0.2) is 27.2 Å². The SMILES string of the molecule is CN(C)c1cnc2c(c1)OCCN2c1ccc2cnc(CNC(=O)c3cc(F)c4c(c3)S(=O)(=O)[C@@H](F)CCO4)cc2n1. The molecule has 3 aromatic heterocycles. The van der Waals surface area contributed by atoms with E-state index in [0.717, 1.165) is 23.2 Å². The maximum Gasteiger partial charge on any atom is 0.251 e. The summed E-state index contributed by atoms with van der Waals surface area (Å²) in [5, 5.41) is 3.38. The number of benzene rings is 1. The molecule has 5 heterocycles. The molecule has 2 aliphatic heterocycles. The van der Waals surface area contributed by atoms with Crippen LogP contribution in [0.15, 0.2) is 53.7 Å². The van der Waals surface area contributed by atoms with Gasteiger partial charge in [0.25, 0.3) is 5.91 Å². The van der Waals surface area contributed by atoms with Gasteiger partial charge in [0, 0.05) is 43.7 Å². The molecule has 42 heavy (non-hydrogen) atoms. The molecule has 1 atom stereocenters. The van der Waals surface area contributed by atoms with Crippen LogP contribution in [0, 0.1) is 5.82 Å². The van der Waals surface area contributed by atoms with E-state index in [4.69, 9.17) is 14.5 Å². The number of nitrogens with zero attached hydrogens (tertiary/aromatic N) is 5. The molecule has 1 aromatic carbocycles. The fourth-order valence-corrected chi connectivity index (χ4v) is 6.11. The smallest absolute Gasteiger partial charge is 0.251 e. The Hall–Kier alpha value is -4.59. The van der Waals surface area contributed by atoms with Crippen LogP contribution in [0.4, 0.5) is 26.1 Å². The van der Waals surface area contributed by atoms with Gasteiger partial charge in [0.05, 0.1) is 42.8 Å². The summed E-state index contributed by atoms with van der Waals surface area (Å²) < 4.78 is 64.9. The number of halogens is 2. The largest absolute Gasteiger partial charge is 0.489 e. The van der Waals surface area contributed by atoms with E-state index in [0.29, 0.717) is 41.7 Å². The van der Waals surface area contributed by atoms with Crippen LogP contribution in [0.25, 0.3) is 10.9 Å². The Kier molecular flexibility index (Phi) is 7.01. The predicted octanol–water partition coefficient (Wildman–Crippen LogP) is 3.54. The number of fused-ring (bicyclic) bond motifs is 3. The number of anilines is 3. The highest BCUT2D eigenvalue weighted by molar-refractivity contribution is 7.92. The summed E-state index contributed by atoms with van der Waals surface area (Å²) in [6, 6.07) is 9.18. The van der Waals surface area contributed by atoms with E-state index in [1.54, 1.807) is 18.5 Å². The number of pyridine rings is 3. The van der Waals surface area contributed by atoms with E-state index in [2.05, 4.69) is 15.3 Å². The molecule has 218 valence electrons. The molecule has 2 aliphatic rings. The lowest BCUT2D eigenvalue weighted by molar-refractivity contribution is 0.0949. The Labute approximate surface area is 240 Å². The molecular weight excluding hydrogens is 570 g/mol. The molecule has 14 heteroatoms. The number of hydrogen-bond acceptors (Lipinski definition) is 10. The Morgan fingerprint density at radius 2 is 1.95 bits per heavy atom. The summed E-state index contributed by atoms with van der Waals surface area (Å²) in [7, 11) is -0.664. The van der Waals surface area contributed by atoms with Crippen molar-refractivity contribution in [3.05, 3.63) is 65.9 Å². The molecule has 0 radical (unpaired) electrons. The predicted molar refractivity (Wildman–Crippen MR) is 150 cm³/mol. The molecule has 0 saturated heterocycles. The number of alkyl halides is 1. The highest BCUT2D eigenvalue weighted by atomic mass is 32.2. The van der Waals surface area contributed by atoms with Crippen molar-refractivity contribution in [2.45, 2.75) is 23.4 Å². The van der Waals surface area contributed by atoms with Gasteiger partial charge in [-0.1, -0.05) is 0 Å². The van der Waals surface area contributed by atoms with Crippen molar-refractivity contribution in [2.75, 3.05) is 43.7 Å². The number of hydrogen-bond donors (Lipinski definition) is 1. The fourth-order valence-electron chi connectivity index (χ4n) is 4.72. The number of carbonyl (C=O) groups excluding carboxylic acids is 1. The van der Waals surface area contributed by atoms with Gasteiger partial charge in [0.15, 0.2) is 23.1 Å². The van der Waals surface area contributed by atoms with Crippen LogP contribution in [-0.4, -0.2) is 68.6 Å². The lowest BCUT2D eigenvalue weighted by atomic mass is 10.2. The van der Waals surface area contributed by atoms with E-state index in [-0.39, 0.29) is 18.7 Å². The molecule has 1 amide bonds. The van der Waals surface area contributed by atoms with Crippen molar-refractivity contribution in [2.24, 2.45) is 0 Å². The zero-order chi connectivity index (χ0) is 29.6. The highest BCUT2D eigenvalue weighted by Gasteiger charge is 2.35. The standard InChI is InChI=1S/C28H26F2N6O5S/c1-35(2)19-12-22-27(32-15-19)36(6-8-40-22)25-4-3-16-13-31-18(11-21(16)34-25)14-33-28(37)17-9-20(29)26-23(10-17)42(38,39)24(30)5-7-41-26/h3-4,9-13,15,24H,5-8,14H2,1-2H3,(H,33,37)/t24-/m1/s1. The van der Waals surface area contributed by atoms with Crippen molar-refractivity contribution in [3.8, 4) is 11.5 Å². The summed E-state index contributed by atoms with van der Waals surface area (Å²) in [6.07, 6.45) is 2.95. The first-order valence-corrected chi connectivity index (χ1v) is 14.6. The minimum atomic E-state index is -4.52. The summed E-state index contributed by atoms with van der Waals surface area (Å²) in [6.45, 7) is 0.658. The van der Waals surface area contributed by atoms with Crippen molar-refractivity contribution < 1.29 is 31.5 Å². The molecule has 0 spiro atoms. The number of ether oxygens (including phenoxy) is 2. The van der Waals surface area contributed by atoms with Crippen LogP contribution >= 0.6 is 0 Å². The maximum absolute atomic E-state index is 14.7. The average molecular weight is 597 g/mol. The number of carbonyl (C=O) groups is 1. The van der Waals surface area contributed by atoms with Crippen molar-refractivity contribution >= 4 is 44.0 Å². The monoisotopic (exact) mass is 596 g/mol. The fraction of sp³-hybridized carbons (Fsp3) is 0.286. The summed E-state index contributed by atoms with van der Waals surface area (Å²) in [5.74, 6) is -0.437. The first-order valence-electron chi connectivity index (χ1n) is 13.1. The molecule has 0 bridgehead atoms. The quantitative estimate of drug-likeness (QED) is 0.366. The number of nitrogens with one attached hydrogen (secondary N) is 1. The normalized spacial score (nSPS) is 17.3. The molecule has 4 aromatic rings. The van der Waals surface area contributed by atoms with Gasteiger partial charge in [-0.05, 0) is 30.3 Å². The first kappa shape index (κ1) is 27.6. The van der Waals surface area contributed by atoms with Crippen LogP contribution < -0.4 is 24.6 Å². The second-order valence-corrected chi connectivity index (χ2v) is 12.0. The number of rotatable bonds is 5. The van der Waals surface area contributed by atoms with Crippen molar-refractivity contribution in [1.82, 2.24) is 20.3 Å². The van der Waals surface area contributed by atoms with Gasteiger partial charge >= 0.3 is 0 Å². The molecule has 0 fully saturated rings. The van der Waals surface area contributed by atoms with Crippen LogP contribution in [0.2, 0.25) is 0 Å². The van der Waals surface area contributed by atoms with Crippen molar-refractivity contribution in [3.63, 3.8) is 0 Å². The second-order valence-electron chi connectivity index (χ2n) is 10.0. The topological polar surface area (TPSA) is 127 Å². The van der Waals surface area contributed by atoms with Gasteiger partial charge in [-0.2, -0.15) is 0 Å². The third-order valence-corrected chi connectivity index (χ3v) is 8.82. The lowest BCUT2D eigenvalue weighted by Gasteiger charge is -2.30. The molecule has 0 aliphatic carbocycles. The average Bonchev–Trinajstić information content (AvgIpc) is 3.10. The Morgan fingerprint density at radius 1 is 1.12 bits per heavy atom. The molecule has 11 nitrogen and oxygen atoms in total. The minimum absolute atomic E-state index is 0.0520. The summed E-state index contributed by atoms with van der Waals surface area (Å²) in [5.41, 5.74) is -0.544. The number of aromatic nitrogens is 3. The van der Waals surface area contributed by atoms with E-state index < -0.39 is 44.1 Å². The Morgan fingerprint density at radius 3 is 2.76 bits per heavy atom. The van der Waals surface area contributed by atoms with Gasteiger partial charge in [-0.3, -0.25) is 9.78 Å². The summed E-state index contributed by atoms with van der Waals surface area (Å²) >= 11 is 0. The van der Waals surface area contributed by atoms with Gasteiger partial charge in [0.1, 0.15) is 17.3 Å². The van der Waals surface area contributed by atoms with Crippen LogP contribution in [0.5, 0.6) is 11.5 Å². The second kappa shape index (κ2) is 10.7. The lowest BCUT2D eigenvalue weighted by Crippen LogP contribution is -2.30. The van der Waals surface area contributed by atoms with Crippen molar-refractivity contribution in [1.29, 1.82) is 0 Å². The van der Waals surface area contributed by atoms with E-state index >= 15 is 0 Å². The van der Waals surface area contributed by atoms with Gasteiger partial charge in [0.2, 0.25) is 15.3 Å². The number of amides is 1. The van der Waals surface area contributed by atoms with Crippen LogP contribution in [-0.2, 0) is 16.4 Å². The molecule has 1 N–H and O–H groups in total. The Balaban J connectivity index is 1.23. The molecule has 0 saturated carbocycles. The summed E-state index contributed by atoms with van der Waals surface area (Å²) in [4.78, 5) is 29.8. The maximum atomic E-state index is 14.7. The van der Waals surface area contributed by atoms with E-state index in [9.17, 15) is 22.0 Å². The molecular formula is C28H26F2N6O5S. The van der Waals surface area contributed by atoms with E-state index in [1.165, 1.54) is 0 Å². The number of sulfone groups is 1. The first-order chi connectivity index (χ1) is 20.1. The third kappa shape index (κ3) is 5.02. The molecule has 0 unspecified atom stereocenters. The van der Waals surface area contributed by atoms with Crippen LogP contribution in [0.3, 0.4) is 0 Å². The van der Waals surface area contributed by atoms with E-state index in [1.807, 2.05) is 42.1 Å². The Bertz CT molecular complexity index is 1820. The van der Waals surface area contributed by atoms with Gasteiger partial charge < -0.3 is 24.6 Å². The highest BCUT2D eigenvalue weighted by Crippen LogP contribution is 2.37. The zero-order valence-corrected chi connectivity index (χ0v) is 23.5. The minimum Gasteiger partial charge on any atom is -0.489 e.